The minimum Gasteiger partial charge on any atom is -0.372 e. The first-order valence-corrected chi connectivity index (χ1v) is 12.2. The molecule has 1 aromatic carbocycles. The molecule has 0 aliphatic carbocycles. The summed E-state index contributed by atoms with van der Waals surface area (Å²) < 4.78 is 6.73. The summed E-state index contributed by atoms with van der Waals surface area (Å²) in [5, 5.41) is 7.65. The summed E-state index contributed by atoms with van der Waals surface area (Å²) in [5.41, 5.74) is 5.60. The molecule has 6 nitrogen and oxygen atoms in total. The maximum absolute atomic E-state index is 13.2. The first-order valence-electron chi connectivity index (χ1n) is 10.7. The molecule has 0 atom stereocenters. The van der Waals surface area contributed by atoms with E-state index in [0.717, 1.165) is 46.9 Å². The van der Waals surface area contributed by atoms with Gasteiger partial charge in [-0.15, -0.1) is 23.7 Å². The van der Waals surface area contributed by atoms with Crippen LogP contribution in [-0.4, -0.2) is 47.5 Å². The molecule has 0 radical (unpaired) electrons. The molecule has 1 aliphatic heterocycles. The van der Waals surface area contributed by atoms with Crippen molar-refractivity contribution in [2.24, 2.45) is 0 Å². The maximum atomic E-state index is 13.2. The highest BCUT2D eigenvalue weighted by Gasteiger charge is 2.25. The molecule has 0 bridgehead atoms. The zero-order valence-corrected chi connectivity index (χ0v) is 22.0. The Labute approximate surface area is 219 Å². The number of carbonyl (C=O) groups excluding carboxylic acids is 1. The van der Waals surface area contributed by atoms with Crippen LogP contribution >= 0.6 is 46.9 Å². The minimum absolute atomic E-state index is 0. The van der Waals surface area contributed by atoms with Crippen molar-refractivity contribution in [3.05, 3.63) is 56.5 Å². The molecular weight excluding hydrogens is 515 g/mol. The number of nitrogens with zero attached hydrogens (tertiary/aromatic N) is 3. The highest BCUT2D eigenvalue weighted by atomic mass is 35.5. The number of hydrogen-bond donors (Lipinski definition) is 1. The minimum atomic E-state index is -0.226. The third-order valence-corrected chi connectivity index (χ3v) is 6.90. The van der Waals surface area contributed by atoms with Crippen LogP contribution in [0, 0.1) is 18.8 Å². The highest BCUT2D eigenvalue weighted by molar-refractivity contribution is 7.16. The highest BCUT2D eigenvalue weighted by Crippen LogP contribution is 2.36. The number of ether oxygens (including phenoxy) is 1. The molecule has 1 aliphatic rings. The third-order valence-electron chi connectivity index (χ3n) is 5.36. The number of carbonyl (C=O) groups is 1. The lowest BCUT2D eigenvalue weighted by Crippen LogP contribution is -2.45. The molecule has 1 saturated heterocycles. The number of hydrazine groups is 1. The van der Waals surface area contributed by atoms with Crippen LogP contribution in [0.5, 0.6) is 0 Å². The number of benzene rings is 1. The summed E-state index contributed by atoms with van der Waals surface area (Å²) in [4.78, 5) is 15.0. The fourth-order valence-electron chi connectivity index (χ4n) is 3.76. The van der Waals surface area contributed by atoms with Crippen molar-refractivity contribution in [1.29, 1.82) is 0 Å². The van der Waals surface area contributed by atoms with E-state index >= 15 is 0 Å². The second kappa shape index (κ2) is 12.1. The van der Waals surface area contributed by atoms with Gasteiger partial charge in [0, 0.05) is 30.8 Å². The van der Waals surface area contributed by atoms with E-state index in [9.17, 15) is 4.79 Å². The topological polar surface area (TPSA) is 59.4 Å². The average molecular weight is 540 g/mol. The van der Waals surface area contributed by atoms with Crippen molar-refractivity contribution >= 4 is 52.9 Å². The molecule has 2 aromatic heterocycles. The van der Waals surface area contributed by atoms with Gasteiger partial charge >= 0.3 is 0 Å². The largest absolute Gasteiger partial charge is 0.372 e. The monoisotopic (exact) mass is 538 g/mol. The van der Waals surface area contributed by atoms with Crippen LogP contribution in [0.3, 0.4) is 0 Å². The Morgan fingerprint density at radius 1 is 1.21 bits per heavy atom. The van der Waals surface area contributed by atoms with Crippen molar-refractivity contribution in [2.45, 2.75) is 26.2 Å². The lowest BCUT2D eigenvalue weighted by molar-refractivity contribution is 0.0743. The lowest BCUT2D eigenvalue weighted by Gasteiger charge is -2.26. The van der Waals surface area contributed by atoms with E-state index in [1.165, 1.54) is 17.8 Å². The summed E-state index contributed by atoms with van der Waals surface area (Å²) in [7, 11) is 1.61. The first-order chi connectivity index (χ1) is 16.0. The summed E-state index contributed by atoms with van der Waals surface area (Å²) in [5.74, 6) is 5.85. The van der Waals surface area contributed by atoms with E-state index in [-0.39, 0.29) is 18.3 Å². The van der Waals surface area contributed by atoms with Crippen LogP contribution in [0.2, 0.25) is 10.0 Å². The zero-order valence-electron chi connectivity index (χ0n) is 18.9. The van der Waals surface area contributed by atoms with Crippen LogP contribution in [0.4, 0.5) is 0 Å². The van der Waals surface area contributed by atoms with Gasteiger partial charge in [0.25, 0.3) is 5.91 Å². The van der Waals surface area contributed by atoms with Gasteiger partial charge in [-0.1, -0.05) is 41.5 Å². The smallest absolute Gasteiger partial charge is 0.286 e. The molecular formula is C24H25Cl3N4O2S. The fourth-order valence-corrected chi connectivity index (χ4v) is 5.22. The van der Waals surface area contributed by atoms with Gasteiger partial charge < -0.3 is 4.74 Å². The molecule has 1 N–H and O–H groups in total. The summed E-state index contributed by atoms with van der Waals surface area (Å²) in [6.07, 6.45) is 3.33. The molecule has 4 rings (SSSR count). The van der Waals surface area contributed by atoms with Crippen LogP contribution < -0.4 is 5.43 Å². The Morgan fingerprint density at radius 3 is 2.68 bits per heavy atom. The molecule has 3 heterocycles. The molecule has 3 aromatic rings. The quantitative estimate of drug-likeness (QED) is 0.419. The summed E-state index contributed by atoms with van der Waals surface area (Å²) >= 11 is 14.2. The van der Waals surface area contributed by atoms with Gasteiger partial charge in [-0.2, -0.15) is 5.10 Å². The van der Waals surface area contributed by atoms with Gasteiger partial charge in [0.1, 0.15) is 6.61 Å². The molecule has 0 saturated carbocycles. The Hall–Kier alpha value is -2.05. The second-order valence-electron chi connectivity index (χ2n) is 7.72. The summed E-state index contributed by atoms with van der Waals surface area (Å²) in [6.45, 7) is 3.96. The fraction of sp³-hybridized carbons (Fsp3) is 0.333. The van der Waals surface area contributed by atoms with Gasteiger partial charge in [0.15, 0.2) is 5.69 Å². The van der Waals surface area contributed by atoms with Crippen molar-refractivity contribution in [3.63, 3.8) is 0 Å². The van der Waals surface area contributed by atoms with Crippen molar-refractivity contribution in [3.8, 4) is 28.1 Å². The Morgan fingerprint density at radius 2 is 1.97 bits per heavy atom. The number of aromatic nitrogens is 2. The Balaban J connectivity index is 0.00000324. The molecule has 34 heavy (non-hydrogen) atoms. The number of hydrogen-bond acceptors (Lipinski definition) is 5. The standard InChI is InChI=1S/C24H24Cl2N4O2S.ClH/c1-16-22(24(31)28-29-12-4-3-5-13-29)27-30(20-10-8-17(25)15-19(20)26)23(16)21-11-9-18(33-21)7-6-14-32-2;/h8-11,15H,3-5,12-14H2,1-2H3,(H,28,31);1H. The molecule has 1 amide bonds. The Kier molecular flexibility index (Phi) is 9.43. The number of amides is 1. The summed E-state index contributed by atoms with van der Waals surface area (Å²) in [6, 6.07) is 9.17. The normalized spacial score (nSPS) is 13.6. The number of rotatable bonds is 5. The van der Waals surface area contributed by atoms with Crippen molar-refractivity contribution in [1.82, 2.24) is 20.2 Å². The van der Waals surface area contributed by atoms with Crippen LogP contribution in [0.25, 0.3) is 16.3 Å². The van der Waals surface area contributed by atoms with Crippen LogP contribution in [0.1, 0.15) is 40.2 Å². The van der Waals surface area contributed by atoms with E-state index in [2.05, 4.69) is 17.3 Å². The van der Waals surface area contributed by atoms with E-state index in [0.29, 0.717) is 28.0 Å². The van der Waals surface area contributed by atoms with Crippen molar-refractivity contribution in [2.75, 3.05) is 26.8 Å². The maximum Gasteiger partial charge on any atom is 0.286 e. The molecule has 180 valence electrons. The van der Waals surface area contributed by atoms with Gasteiger partial charge in [-0.3, -0.25) is 10.2 Å². The number of thiophene rings is 1. The van der Waals surface area contributed by atoms with Crippen LogP contribution in [0.15, 0.2) is 30.3 Å². The SMILES string of the molecule is COCC#Cc1ccc(-c2c(C)c(C(=O)NN3CCCCC3)nn2-c2ccc(Cl)cc2Cl)s1.Cl. The number of methoxy groups -OCH3 is 1. The van der Waals surface area contributed by atoms with E-state index < -0.39 is 0 Å². The van der Waals surface area contributed by atoms with Crippen molar-refractivity contribution < 1.29 is 9.53 Å². The van der Waals surface area contributed by atoms with Crippen LogP contribution in [-0.2, 0) is 4.74 Å². The lowest BCUT2D eigenvalue weighted by atomic mass is 10.1. The number of nitrogens with one attached hydrogen (secondary N) is 1. The van der Waals surface area contributed by atoms with Gasteiger partial charge in [-0.05, 0) is 50.1 Å². The third kappa shape index (κ3) is 5.95. The zero-order chi connectivity index (χ0) is 23.4. The number of halogens is 3. The van der Waals surface area contributed by atoms with E-state index in [1.807, 2.05) is 24.1 Å². The molecule has 1 fully saturated rings. The average Bonchev–Trinajstić information content (AvgIpc) is 3.39. The molecule has 0 spiro atoms. The molecule has 0 unspecified atom stereocenters. The predicted octanol–water partition coefficient (Wildman–Crippen LogP) is 5.77. The van der Waals surface area contributed by atoms with Gasteiger partial charge in [0.05, 0.1) is 26.2 Å². The Bertz CT molecular complexity index is 1220. The van der Waals surface area contributed by atoms with Gasteiger partial charge in [0.2, 0.25) is 0 Å². The first kappa shape index (κ1) is 26.6. The van der Waals surface area contributed by atoms with Gasteiger partial charge in [-0.25, -0.2) is 9.69 Å². The number of piperidine rings is 1. The van der Waals surface area contributed by atoms with E-state index in [4.69, 9.17) is 33.0 Å². The molecule has 10 heteroatoms. The second-order valence-corrected chi connectivity index (χ2v) is 9.64. The van der Waals surface area contributed by atoms with E-state index in [1.54, 1.807) is 30.0 Å². The predicted molar refractivity (Wildman–Crippen MR) is 141 cm³/mol.